The second-order valence-corrected chi connectivity index (χ2v) is 6.72. The molecular weight excluding hydrogens is 278 g/mol. The summed E-state index contributed by atoms with van der Waals surface area (Å²) >= 11 is 8.12. The molecule has 0 aliphatic rings. The summed E-state index contributed by atoms with van der Waals surface area (Å²) in [6.07, 6.45) is 1.92. The SMILES string of the molecule is CCCNC(C)c1ccc(SC(C)CCO)cc1Cl. The number of nitrogens with one attached hydrogen (secondary N) is 1. The fourth-order valence-corrected chi connectivity index (χ4v) is 3.31. The zero-order valence-corrected chi connectivity index (χ0v) is 13.5. The maximum Gasteiger partial charge on any atom is 0.0464 e. The molecule has 19 heavy (non-hydrogen) atoms. The minimum absolute atomic E-state index is 0.234. The average molecular weight is 302 g/mol. The maximum atomic E-state index is 8.92. The zero-order chi connectivity index (χ0) is 14.3. The van der Waals surface area contributed by atoms with Crippen LogP contribution in [0.3, 0.4) is 0 Å². The van der Waals surface area contributed by atoms with Gasteiger partial charge in [-0.2, -0.15) is 0 Å². The summed E-state index contributed by atoms with van der Waals surface area (Å²) in [6, 6.07) is 6.52. The third kappa shape index (κ3) is 5.74. The Morgan fingerprint density at radius 2 is 2.11 bits per heavy atom. The summed E-state index contributed by atoms with van der Waals surface area (Å²) < 4.78 is 0. The van der Waals surface area contributed by atoms with Crippen molar-refractivity contribution in [2.24, 2.45) is 0 Å². The van der Waals surface area contributed by atoms with Crippen LogP contribution >= 0.6 is 23.4 Å². The first-order chi connectivity index (χ1) is 9.08. The molecule has 4 heteroatoms. The van der Waals surface area contributed by atoms with Gasteiger partial charge in [-0.1, -0.05) is 31.5 Å². The standard InChI is InChI=1S/C15H24ClNOS/c1-4-8-17-12(3)14-6-5-13(10-15(14)16)19-11(2)7-9-18/h5-6,10-12,17-18H,4,7-9H2,1-3H3. The molecule has 0 heterocycles. The Kier molecular flexibility index (Phi) is 7.84. The molecule has 0 fully saturated rings. The predicted octanol–water partition coefficient (Wildman–Crippen LogP) is 4.26. The van der Waals surface area contributed by atoms with Crippen molar-refractivity contribution < 1.29 is 5.11 Å². The van der Waals surface area contributed by atoms with Crippen molar-refractivity contribution in [3.8, 4) is 0 Å². The molecule has 0 spiro atoms. The number of benzene rings is 1. The van der Waals surface area contributed by atoms with Crippen LogP contribution in [0.4, 0.5) is 0 Å². The smallest absolute Gasteiger partial charge is 0.0464 e. The minimum atomic E-state index is 0.234. The van der Waals surface area contributed by atoms with Gasteiger partial charge in [0.15, 0.2) is 0 Å². The van der Waals surface area contributed by atoms with Gasteiger partial charge in [-0.15, -0.1) is 11.8 Å². The van der Waals surface area contributed by atoms with Crippen LogP contribution in [-0.4, -0.2) is 23.5 Å². The van der Waals surface area contributed by atoms with Gasteiger partial charge in [-0.05, 0) is 44.0 Å². The topological polar surface area (TPSA) is 32.3 Å². The van der Waals surface area contributed by atoms with Crippen molar-refractivity contribution in [3.05, 3.63) is 28.8 Å². The van der Waals surface area contributed by atoms with Gasteiger partial charge in [0.1, 0.15) is 0 Å². The lowest BCUT2D eigenvalue weighted by molar-refractivity contribution is 0.289. The summed E-state index contributed by atoms with van der Waals surface area (Å²) in [4.78, 5) is 1.16. The van der Waals surface area contributed by atoms with Gasteiger partial charge in [0.05, 0.1) is 0 Å². The second-order valence-electron chi connectivity index (χ2n) is 4.80. The third-order valence-corrected chi connectivity index (χ3v) is 4.50. The van der Waals surface area contributed by atoms with Gasteiger partial charge >= 0.3 is 0 Å². The van der Waals surface area contributed by atoms with Crippen molar-refractivity contribution in [3.63, 3.8) is 0 Å². The van der Waals surface area contributed by atoms with E-state index in [0.717, 1.165) is 34.9 Å². The van der Waals surface area contributed by atoms with Gasteiger partial charge in [-0.25, -0.2) is 0 Å². The fourth-order valence-electron chi connectivity index (χ4n) is 1.88. The summed E-state index contributed by atoms with van der Waals surface area (Å²) in [5.41, 5.74) is 1.15. The highest BCUT2D eigenvalue weighted by molar-refractivity contribution is 7.99. The number of rotatable bonds is 8. The first kappa shape index (κ1) is 16.8. The largest absolute Gasteiger partial charge is 0.396 e. The van der Waals surface area contributed by atoms with Gasteiger partial charge in [0, 0.05) is 27.8 Å². The summed E-state index contributed by atoms with van der Waals surface area (Å²) in [6.45, 7) is 7.65. The molecule has 2 unspecified atom stereocenters. The number of halogens is 1. The van der Waals surface area contributed by atoms with Crippen LogP contribution in [0.15, 0.2) is 23.1 Å². The van der Waals surface area contributed by atoms with Gasteiger partial charge in [-0.3, -0.25) is 0 Å². The lowest BCUT2D eigenvalue weighted by Gasteiger charge is -2.16. The Balaban J connectivity index is 2.68. The lowest BCUT2D eigenvalue weighted by atomic mass is 10.1. The highest BCUT2D eigenvalue weighted by atomic mass is 35.5. The quantitative estimate of drug-likeness (QED) is 0.704. The zero-order valence-electron chi connectivity index (χ0n) is 11.9. The predicted molar refractivity (Wildman–Crippen MR) is 85.2 cm³/mol. The number of hydrogen-bond donors (Lipinski definition) is 2. The second kappa shape index (κ2) is 8.85. The van der Waals surface area contributed by atoms with E-state index < -0.39 is 0 Å². The van der Waals surface area contributed by atoms with Crippen molar-refractivity contribution in [1.29, 1.82) is 0 Å². The Morgan fingerprint density at radius 3 is 2.68 bits per heavy atom. The third-order valence-electron chi connectivity index (χ3n) is 3.01. The molecule has 2 nitrogen and oxygen atoms in total. The van der Waals surface area contributed by atoms with Crippen LogP contribution < -0.4 is 5.32 Å². The van der Waals surface area contributed by atoms with E-state index in [1.807, 2.05) is 6.07 Å². The summed E-state index contributed by atoms with van der Waals surface area (Å²) in [5, 5.41) is 13.6. The highest BCUT2D eigenvalue weighted by Crippen LogP contribution is 2.31. The Hall–Kier alpha value is -0.220. The van der Waals surface area contributed by atoms with Crippen LogP contribution in [0.25, 0.3) is 0 Å². The van der Waals surface area contributed by atoms with E-state index in [2.05, 4.69) is 38.2 Å². The van der Waals surface area contributed by atoms with Crippen LogP contribution in [-0.2, 0) is 0 Å². The fraction of sp³-hybridized carbons (Fsp3) is 0.600. The molecule has 108 valence electrons. The van der Waals surface area contributed by atoms with E-state index >= 15 is 0 Å². The van der Waals surface area contributed by atoms with Crippen LogP contribution in [0.5, 0.6) is 0 Å². The van der Waals surface area contributed by atoms with E-state index in [-0.39, 0.29) is 12.6 Å². The number of hydrogen-bond acceptors (Lipinski definition) is 3. The minimum Gasteiger partial charge on any atom is -0.396 e. The molecule has 0 saturated heterocycles. The molecule has 1 rings (SSSR count). The molecule has 1 aromatic carbocycles. The van der Waals surface area contributed by atoms with E-state index in [4.69, 9.17) is 16.7 Å². The highest BCUT2D eigenvalue weighted by Gasteiger charge is 2.11. The first-order valence-corrected chi connectivity index (χ1v) is 8.14. The number of aliphatic hydroxyl groups excluding tert-OH is 1. The maximum absolute atomic E-state index is 8.92. The molecule has 0 radical (unpaired) electrons. The monoisotopic (exact) mass is 301 g/mol. The molecule has 0 aromatic heterocycles. The van der Waals surface area contributed by atoms with E-state index in [0.29, 0.717) is 5.25 Å². The van der Waals surface area contributed by atoms with Gasteiger partial charge in [0.25, 0.3) is 0 Å². The van der Waals surface area contributed by atoms with Crippen molar-refractivity contribution in [1.82, 2.24) is 5.32 Å². The van der Waals surface area contributed by atoms with Gasteiger partial charge in [0.2, 0.25) is 0 Å². The first-order valence-electron chi connectivity index (χ1n) is 6.88. The Labute approximate surface area is 125 Å². The molecule has 0 bridgehead atoms. The number of aliphatic hydroxyl groups is 1. The van der Waals surface area contributed by atoms with Gasteiger partial charge < -0.3 is 10.4 Å². The van der Waals surface area contributed by atoms with E-state index in [1.165, 1.54) is 0 Å². The molecule has 0 aliphatic heterocycles. The average Bonchev–Trinajstić information content (AvgIpc) is 2.36. The van der Waals surface area contributed by atoms with Crippen molar-refractivity contribution in [2.75, 3.05) is 13.2 Å². The van der Waals surface area contributed by atoms with Crippen LogP contribution in [0.2, 0.25) is 5.02 Å². The van der Waals surface area contributed by atoms with Crippen LogP contribution in [0, 0.1) is 0 Å². The Bertz CT molecular complexity index is 386. The Morgan fingerprint density at radius 1 is 1.37 bits per heavy atom. The molecule has 1 aromatic rings. The lowest BCUT2D eigenvalue weighted by Crippen LogP contribution is -2.19. The van der Waals surface area contributed by atoms with Crippen LogP contribution in [0.1, 0.15) is 45.2 Å². The normalized spacial score (nSPS) is 14.4. The number of thioether (sulfide) groups is 1. The summed E-state index contributed by atoms with van der Waals surface area (Å²) in [5.74, 6) is 0. The van der Waals surface area contributed by atoms with E-state index in [1.54, 1.807) is 11.8 Å². The molecule has 0 aliphatic carbocycles. The molecular formula is C15H24ClNOS. The summed E-state index contributed by atoms with van der Waals surface area (Å²) in [7, 11) is 0. The van der Waals surface area contributed by atoms with E-state index in [9.17, 15) is 0 Å². The molecule has 0 amide bonds. The molecule has 2 N–H and O–H groups in total. The van der Waals surface area contributed by atoms with Crippen molar-refractivity contribution >= 4 is 23.4 Å². The van der Waals surface area contributed by atoms with Crippen molar-refractivity contribution in [2.45, 2.75) is 49.8 Å². The molecule has 0 saturated carbocycles. The molecule has 2 atom stereocenters.